The molecule has 0 bridgehead atoms. The Morgan fingerprint density at radius 2 is 1.65 bits per heavy atom. The van der Waals surface area contributed by atoms with Gasteiger partial charge in [0.15, 0.2) is 5.75 Å². The van der Waals surface area contributed by atoms with Gasteiger partial charge >= 0.3 is 0 Å². The van der Waals surface area contributed by atoms with Gasteiger partial charge in [0.2, 0.25) is 0 Å². The van der Waals surface area contributed by atoms with Gasteiger partial charge < -0.3 is 24.8 Å². The van der Waals surface area contributed by atoms with Crippen LogP contribution in [0.3, 0.4) is 0 Å². The Labute approximate surface area is 269 Å². The minimum absolute atomic E-state index is 0.0244. The minimum Gasteiger partial charge on any atom is -0.490 e. The van der Waals surface area contributed by atoms with Crippen LogP contribution in [0.1, 0.15) is 30.4 Å². The fraction of sp³-hybridized carbons (Fsp3) is 0.290. The summed E-state index contributed by atoms with van der Waals surface area (Å²) in [6, 6.07) is 15.7. The van der Waals surface area contributed by atoms with Gasteiger partial charge in [-0.3, -0.25) is 9.59 Å². The molecule has 1 fully saturated rings. The Morgan fingerprint density at radius 3 is 2.30 bits per heavy atom. The molecule has 2 aliphatic rings. The van der Waals surface area contributed by atoms with Gasteiger partial charge in [0.25, 0.3) is 12.4 Å². The molecule has 1 amide bonds. The molecule has 12 heteroatoms. The van der Waals surface area contributed by atoms with Crippen LogP contribution >= 0.6 is 46.4 Å². The van der Waals surface area contributed by atoms with E-state index < -0.39 is 5.82 Å². The monoisotopic (exact) mass is 668 g/mol. The number of ether oxygens (including phenoxy) is 2. The molecule has 1 aliphatic carbocycles. The normalized spacial score (nSPS) is 14.4. The van der Waals surface area contributed by atoms with E-state index in [0.717, 1.165) is 60.2 Å². The van der Waals surface area contributed by atoms with Gasteiger partial charge in [0, 0.05) is 24.7 Å². The summed E-state index contributed by atoms with van der Waals surface area (Å²) < 4.78 is 24.7. The number of benzene rings is 3. The number of nitrogens with one attached hydrogen (secondary N) is 1. The van der Waals surface area contributed by atoms with E-state index >= 15 is 0 Å². The van der Waals surface area contributed by atoms with Crippen LogP contribution in [0.5, 0.6) is 11.5 Å². The molecule has 0 aromatic heterocycles. The predicted molar refractivity (Wildman–Crippen MR) is 167 cm³/mol. The van der Waals surface area contributed by atoms with E-state index in [-0.39, 0.29) is 47.4 Å². The summed E-state index contributed by atoms with van der Waals surface area (Å²) in [6.45, 7) is 1.88. The lowest BCUT2D eigenvalue weighted by molar-refractivity contribution is -0.128. The van der Waals surface area contributed by atoms with Crippen molar-refractivity contribution < 1.29 is 28.6 Å². The molecular formula is C31H29Cl4FN2O5. The Kier molecular flexibility index (Phi) is 12.0. The first-order valence-electron chi connectivity index (χ1n) is 13.5. The van der Waals surface area contributed by atoms with E-state index in [4.69, 9.17) is 65.8 Å². The zero-order valence-corrected chi connectivity index (χ0v) is 25.9. The average molecular weight is 670 g/mol. The number of rotatable bonds is 10. The highest BCUT2D eigenvalue weighted by Gasteiger charge is 2.35. The third kappa shape index (κ3) is 8.77. The summed E-state index contributed by atoms with van der Waals surface area (Å²) in [5.74, 6) is 0.368. The van der Waals surface area contributed by atoms with Crippen LogP contribution in [0.25, 0.3) is 5.57 Å². The molecule has 2 N–H and O–H groups in total. The number of nitrogens with zero attached hydrogens (tertiary/aromatic N) is 1. The van der Waals surface area contributed by atoms with E-state index in [2.05, 4.69) is 5.32 Å². The van der Waals surface area contributed by atoms with Gasteiger partial charge in [0.05, 0.1) is 20.1 Å². The third-order valence-corrected chi connectivity index (χ3v) is 8.28. The van der Waals surface area contributed by atoms with Crippen LogP contribution < -0.4 is 14.8 Å². The smallest absolute Gasteiger partial charge is 0.290 e. The summed E-state index contributed by atoms with van der Waals surface area (Å²) in [4.78, 5) is 24.2. The largest absolute Gasteiger partial charge is 0.490 e. The highest BCUT2D eigenvalue weighted by atomic mass is 35.5. The molecule has 0 saturated heterocycles. The van der Waals surface area contributed by atoms with Crippen molar-refractivity contribution in [3.05, 3.63) is 97.2 Å². The Morgan fingerprint density at radius 1 is 1.00 bits per heavy atom. The molecule has 0 radical (unpaired) electrons. The van der Waals surface area contributed by atoms with Crippen LogP contribution in [-0.4, -0.2) is 54.7 Å². The number of amides is 1. The van der Waals surface area contributed by atoms with Crippen molar-refractivity contribution in [1.82, 2.24) is 10.2 Å². The molecule has 7 nitrogen and oxygen atoms in total. The van der Waals surface area contributed by atoms with Crippen molar-refractivity contribution in [1.29, 1.82) is 0 Å². The number of hydrogen-bond donors (Lipinski definition) is 2. The summed E-state index contributed by atoms with van der Waals surface area (Å²) in [7, 11) is 0. The SMILES string of the molecule is O=C(C1=C(c2ccc(OCCOc3c(Cl)cc(F)cc3Cl)cc2)CCNC1)N(Cc1cccc(Cl)c1Cl)C1CC1.O=CO. The Bertz CT molecular complexity index is 1460. The second-order valence-corrected chi connectivity index (χ2v) is 11.4. The summed E-state index contributed by atoms with van der Waals surface area (Å²) >= 11 is 24.7. The average Bonchev–Trinajstić information content (AvgIpc) is 3.83. The fourth-order valence-corrected chi connectivity index (χ4v) is 5.66. The zero-order chi connectivity index (χ0) is 30.9. The standard InChI is InChI=1S/C30H27Cl4FN2O3.CH2O2/c31-25-3-1-2-19(28(25)34)17-37(21-6-7-21)30(38)24-16-36-11-10-23(24)18-4-8-22(9-5-18)39-12-13-40-29-26(32)14-20(35)15-27(29)33;2-1-3/h1-5,8-9,14-15,21,36H,6-7,10-13,16-17H2;1H,(H,2,3). The zero-order valence-electron chi connectivity index (χ0n) is 22.9. The molecular weight excluding hydrogens is 641 g/mol. The van der Waals surface area contributed by atoms with Crippen molar-refractivity contribution >= 4 is 64.4 Å². The predicted octanol–water partition coefficient (Wildman–Crippen LogP) is 7.54. The number of halogens is 5. The number of carbonyl (C=O) groups is 2. The molecule has 0 unspecified atom stereocenters. The maximum absolute atomic E-state index is 13.9. The van der Waals surface area contributed by atoms with E-state index in [0.29, 0.717) is 28.9 Å². The third-order valence-electron chi connectivity index (χ3n) is 6.86. The van der Waals surface area contributed by atoms with Gasteiger partial charge in [-0.1, -0.05) is 70.7 Å². The molecule has 3 aromatic carbocycles. The second kappa shape index (κ2) is 15.6. The molecule has 228 valence electrons. The molecule has 43 heavy (non-hydrogen) atoms. The Hall–Kier alpha value is -3.01. The second-order valence-electron chi connectivity index (χ2n) is 9.79. The molecule has 1 heterocycles. The fourth-order valence-electron chi connectivity index (χ4n) is 4.71. The van der Waals surface area contributed by atoms with E-state index in [1.165, 1.54) is 0 Å². The van der Waals surface area contributed by atoms with Crippen LogP contribution in [0.2, 0.25) is 20.1 Å². The van der Waals surface area contributed by atoms with Crippen LogP contribution in [-0.2, 0) is 16.1 Å². The van der Waals surface area contributed by atoms with Gasteiger partial charge in [0.1, 0.15) is 24.8 Å². The van der Waals surface area contributed by atoms with Gasteiger partial charge in [-0.15, -0.1) is 0 Å². The quantitative estimate of drug-likeness (QED) is 0.171. The van der Waals surface area contributed by atoms with E-state index in [1.807, 2.05) is 41.3 Å². The molecule has 1 saturated carbocycles. The molecule has 0 atom stereocenters. The van der Waals surface area contributed by atoms with Crippen molar-refractivity contribution in [3.8, 4) is 11.5 Å². The van der Waals surface area contributed by atoms with E-state index in [1.54, 1.807) is 6.07 Å². The minimum atomic E-state index is -0.529. The number of carboxylic acid groups (broad SMARTS) is 1. The first-order valence-corrected chi connectivity index (χ1v) is 15.0. The van der Waals surface area contributed by atoms with Gasteiger partial charge in [-0.05, 0) is 72.8 Å². The lowest BCUT2D eigenvalue weighted by atomic mass is 9.93. The highest BCUT2D eigenvalue weighted by Crippen LogP contribution is 2.36. The lowest BCUT2D eigenvalue weighted by Crippen LogP contribution is -2.39. The summed E-state index contributed by atoms with van der Waals surface area (Å²) in [6.07, 6.45) is 2.70. The van der Waals surface area contributed by atoms with Crippen LogP contribution in [0.15, 0.2) is 60.2 Å². The molecule has 3 aromatic rings. The van der Waals surface area contributed by atoms with Crippen LogP contribution in [0, 0.1) is 5.82 Å². The first-order chi connectivity index (χ1) is 20.7. The molecule has 0 spiro atoms. The van der Waals surface area contributed by atoms with Crippen molar-refractivity contribution in [2.45, 2.75) is 31.8 Å². The molecule has 1 aliphatic heterocycles. The first kappa shape index (κ1) is 32.9. The van der Waals surface area contributed by atoms with Crippen molar-refractivity contribution in [2.24, 2.45) is 0 Å². The van der Waals surface area contributed by atoms with Crippen LogP contribution in [0.4, 0.5) is 4.39 Å². The summed E-state index contributed by atoms with van der Waals surface area (Å²) in [5.41, 5.74) is 3.62. The summed E-state index contributed by atoms with van der Waals surface area (Å²) in [5, 5.41) is 11.4. The Balaban J connectivity index is 0.00000135. The van der Waals surface area contributed by atoms with E-state index in [9.17, 15) is 9.18 Å². The highest BCUT2D eigenvalue weighted by molar-refractivity contribution is 6.42. The van der Waals surface area contributed by atoms with Crippen molar-refractivity contribution in [2.75, 3.05) is 26.3 Å². The van der Waals surface area contributed by atoms with Gasteiger partial charge in [-0.25, -0.2) is 4.39 Å². The van der Waals surface area contributed by atoms with Crippen molar-refractivity contribution in [3.63, 3.8) is 0 Å². The topological polar surface area (TPSA) is 88.1 Å². The number of hydrogen-bond acceptors (Lipinski definition) is 5. The maximum atomic E-state index is 13.9. The molecule has 5 rings (SSSR count). The lowest BCUT2D eigenvalue weighted by Gasteiger charge is -2.28. The van der Waals surface area contributed by atoms with Gasteiger partial charge in [-0.2, -0.15) is 0 Å². The maximum Gasteiger partial charge on any atom is 0.290 e. The number of carbonyl (C=O) groups excluding carboxylic acids is 1.